The molecule has 0 spiro atoms. The summed E-state index contributed by atoms with van der Waals surface area (Å²) < 4.78 is 30.2. The van der Waals surface area contributed by atoms with Crippen LogP contribution in [0.1, 0.15) is 258 Å². The number of quaternary nitrogens is 1. The molecular formula is C56H107N2O7P. The molecule has 10 heteroatoms. The molecule has 3 atom stereocenters. The molecule has 0 aromatic carbocycles. The summed E-state index contributed by atoms with van der Waals surface area (Å²) in [5.74, 6) is -0.548. The van der Waals surface area contributed by atoms with Crippen LogP contribution in [0.4, 0.5) is 0 Å². The first-order valence-corrected chi connectivity index (χ1v) is 29.3. The van der Waals surface area contributed by atoms with Gasteiger partial charge in [0.15, 0.2) is 0 Å². The molecule has 388 valence electrons. The quantitative estimate of drug-likeness (QED) is 0.0161. The zero-order valence-electron chi connectivity index (χ0n) is 44.2. The van der Waals surface area contributed by atoms with E-state index in [0.717, 1.165) is 77.0 Å². The van der Waals surface area contributed by atoms with Crippen LogP contribution in [0.15, 0.2) is 36.5 Å². The molecule has 3 unspecified atom stereocenters. The predicted molar refractivity (Wildman–Crippen MR) is 279 cm³/mol. The molecule has 0 heterocycles. The van der Waals surface area contributed by atoms with E-state index in [1.165, 1.54) is 148 Å². The number of nitrogens with zero attached hydrogens (tertiary/aromatic N) is 1. The average Bonchev–Trinajstić information content (AvgIpc) is 3.27. The summed E-state index contributed by atoms with van der Waals surface area (Å²) in [5.41, 5.74) is 0. The van der Waals surface area contributed by atoms with Crippen molar-refractivity contribution in [1.29, 1.82) is 0 Å². The molecule has 66 heavy (non-hydrogen) atoms. The molecule has 0 radical (unpaired) electrons. The second-order valence-electron chi connectivity index (χ2n) is 20.1. The van der Waals surface area contributed by atoms with E-state index in [2.05, 4.69) is 50.4 Å². The van der Waals surface area contributed by atoms with E-state index < -0.39 is 20.0 Å². The van der Waals surface area contributed by atoms with Crippen LogP contribution in [0.2, 0.25) is 0 Å². The zero-order chi connectivity index (χ0) is 48.7. The summed E-state index contributed by atoms with van der Waals surface area (Å²) in [6, 6.07) is -0.887. The number of nitrogens with one attached hydrogen (secondary N) is 1. The minimum absolute atomic E-state index is 0.0224. The van der Waals surface area contributed by atoms with Crippen LogP contribution in [-0.4, -0.2) is 69.4 Å². The van der Waals surface area contributed by atoms with E-state index in [1.54, 1.807) is 0 Å². The molecule has 0 aliphatic rings. The van der Waals surface area contributed by atoms with Gasteiger partial charge in [0, 0.05) is 12.8 Å². The first kappa shape index (κ1) is 64.2. The maximum atomic E-state index is 13.4. The standard InChI is InChI=1S/C56H107N2O7P/c1-7-10-13-16-19-22-25-27-29-31-34-37-40-43-46-49-56(60)65-54(47-44-41-38-35-32-24-21-18-15-12-9-3)53(52-64-66(61,62)63-51-50-58(4,5)6)57-55(59)48-45-42-39-36-33-30-28-26-23-20-17-14-11-8-2/h19,22,25,27,44,47,53-54H,7-18,20-21,23-24,26,28-43,45-46,48-52H2,1-6H3,(H-,57,59,61,62)/b22-19+,27-25+,47-44+. The van der Waals surface area contributed by atoms with Crippen molar-refractivity contribution in [2.45, 2.75) is 270 Å². The summed E-state index contributed by atoms with van der Waals surface area (Å²) in [5, 5.41) is 3.01. The van der Waals surface area contributed by atoms with E-state index in [0.29, 0.717) is 17.4 Å². The second-order valence-corrected chi connectivity index (χ2v) is 21.5. The molecule has 1 N–H and O–H groups in total. The molecule has 9 nitrogen and oxygen atoms in total. The number of hydrogen-bond donors (Lipinski definition) is 1. The molecule has 0 aromatic heterocycles. The highest BCUT2D eigenvalue weighted by atomic mass is 31.2. The van der Waals surface area contributed by atoms with Gasteiger partial charge in [-0.05, 0) is 57.4 Å². The number of esters is 1. The van der Waals surface area contributed by atoms with Gasteiger partial charge in [-0.25, -0.2) is 0 Å². The molecule has 0 fully saturated rings. The number of amides is 1. The number of carbonyl (C=O) groups excluding carboxylic acids is 2. The number of phosphoric ester groups is 1. The Morgan fingerprint density at radius 3 is 1.36 bits per heavy atom. The molecule has 0 aliphatic carbocycles. The first-order chi connectivity index (χ1) is 31.9. The number of unbranched alkanes of at least 4 members (excludes halogenated alkanes) is 31. The lowest BCUT2D eigenvalue weighted by Gasteiger charge is -2.30. The van der Waals surface area contributed by atoms with Crippen LogP contribution < -0.4 is 10.2 Å². The van der Waals surface area contributed by atoms with Crippen molar-refractivity contribution in [3.8, 4) is 0 Å². The van der Waals surface area contributed by atoms with Gasteiger partial charge in [-0.2, -0.15) is 0 Å². The van der Waals surface area contributed by atoms with Gasteiger partial charge in [0.05, 0.1) is 33.8 Å². The van der Waals surface area contributed by atoms with Crippen molar-refractivity contribution in [2.24, 2.45) is 0 Å². The number of phosphoric acid groups is 1. The number of rotatable bonds is 50. The van der Waals surface area contributed by atoms with Gasteiger partial charge in [0.1, 0.15) is 19.3 Å². The third-order valence-electron chi connectivity index (χ3n) is 12.4. The van der Waals surface area contributed by atoms with Gasteiger partial charge >= 0.3 is 5.97 Å². The van der Waals surface area contributed by atoms with Gasteiger partial charge in [0.25, 0.3) is 7.82 Å². The topological polar surface area (TPSA) is 114 Å². The van der Waals surface area contributed by atoms with Crippen LogP contribution in [-0.2, 0) is 27.9 Å². The molecule has 0 saturated heterocycles. The van der Waals surface area contributed by atoms with Crippen molar-refractivity contribution in [3.63, 3.8) is 0 Å². The van der Waals surface area contributed by atoms with E-state index in [1.807, 2.05) is 33.3 Å². The lowest BCUT2D eigenvalue weighted by Crippen LogP contribution is -2.47. The van der Waals surface area contributed by atoms with Crippen LogP contribution in [0.25, 0.3) is 0 Å². The van der Waals surface area contributed by atoms with Crippen molar-refractivity contribution < 1.29 is 37.3 Å². The lowest BCUT2D eigenvalue weighted by atomic mass is 10.0. The van der Waals surface area contributed by atoms with Crippen molar-refractivity contribution in [3.05, 3.63) is 36.5 Å². The smallest absolute Gasteiger partial charge is 0.306 e. The third kappa shape index (κ3) is 47.3. The fourth-order valence-corrected chi connectivity index (χ4v) is 8.71. The first-order valence-electron chi connectivity index (χ1n) is 27.8. The molecule has 1 amide bonds. The molecule has 0 aromatic rings. The second kappa shape index (κ2) is 46.9. The summed E-state index contributed by atoms with van der Waals surface area (Å²) >= 11 is 0. The van der Waals surface area contributed by atoms with Crippen LogP contribution in [0.5, 0.6) is 0 Å². The summed E-state index contributed by atoms with van der Waals surface area (Å²) in [6.07, 6.45) is 53.8. The van der Waals surface area contributed by atoms with E-state index in [-0.39, 0.29) is 31.5 Å². The van der Waals surface area contributed by atoms with Crippen LogP contribution >= 0.6 is 7.82 Å². The predicted octanol–water partition coefficient (Wildman–Crippen LogP) is 15.8. The molecule has 0 bridgehead atoms. The van der Waals surface area contributed by atoms with Crippen molar-refractivity contribution in [1.82, 2.24) is 5.32 Å². The molecule has 0 saturated carbocycles. The maximum Gasteiger partial charge on any atom is 0.306 e. The number of ether oxygens (including phenoxy) is 1. The fraction of sp³-hybridized carbons (Fsp3) is 0.857. The highest BCUT2D eigenvalue weighted by molar-refractivity contribution is 7.45. The minimum Gasteiger partial charge on any atom is -0.756 e. The molecule has 0 aliphatic heterocycles. The Bertz CT molecular complexity index is 1230. The Labute approximate surface area is 408 Å². The van der Waals surface area contributed by atoms with Crippen LogP contribution in [0, 0.1) is 0 Å². The number of likely N-dealkylation sites (N-methyl/N-ethyl adjacent to an activating group) is 1. The van der Waals surface area contributed by atoms with Gasteiger partial charge in [-0.3, -0.25) is 14.2 Å². The highest BCUT2D eigenvalue weighted by Crippen LogP contribution is 2.38. The van der Waals surface area contributed by atoms with E-state index in [4.69, 9.17) is 13.8 Å². The van der Waals surface area contributed by atoms with E-state index in [9.17, 15) is 19.0 Å². The molecular weight excluding hydrogens is 844 g/mol. The maximum absolute atomic E-state index is 13.4. The number of carbonyl (C=O) groups is 2. The Hall–Kier alpha value is -1.77. The Morgan fingerprint density at radius 2 is 0.909 bits per heavy atom. The number of hydrogen-bond acceptors (Lipinski definition) is 7. The zero-order valence-corrected chi connectivity index (χ0v) is 45.0. The Kier molecular flexibility index (Phi) is 45.7. The Balaban J connectivity index is 5.36. The molecule has 0 rings (SSSR count). The Morgan fingerprint density at radius 1 is 0.530 bits per heavy atom. The third-order valence-corrected chi connectivity index (χ3v) is 13.3. The largest absolute Gasteiger partial charge is 0.756 e. The van der Waals surface area contributed by atoms with Gasteiger partial charge in [0.2, 0.25) is 5.91 Å². The SMILES string of the molecule is CCCCC/C=C/C=C/CCCCCCCCC(=O)OC(/C=C/CCCCCCCCCCC)C(COP(=O)([O-])OCC[N+](C)(C)C)NC(=O)CCCCCCCCCCCCCCCC. The summed E-state index contributed by atoms with van der Waals surface area (Å²) in [6.45, 7) is 6.81. The summed E-state index contributed by atoms with van der Waals surface area (Å²) in [4.78, 5) is 39.7. The lowest BCUT2D eigenvalue weighted by molar-refractivity contribution is -0.870. The van der Waals surface area contributed by atoms with Gasteiger partial charge in [-0.1, -0.05) is 225 Å². The van der Waals surface area contributed by atoms with Gasteiger partial charge < -0.3 is 28.5 Å². The van der Waals surface area contributed by atoms with Gasteiger partial charge in [-0.15, -0.1) is 0 Å². The monoisotopic (exact) mass is 951 g/mol. The van der Waals surface area contributed by atoms with Crippen molar-refractivity contribution >= 4 is 19.7 Å². The summed E-state index contributed by atoms with van der Waals surface area (Å²) in [7, 11) is 1.18. The average molecular weight is 951 g/mol. The normalized spacial score (nSPS) is 14.1. The highest BCUT2D eigenvalue weighted by Gasteiger charge is 2.27. The van der Waals surface area contributed by atoms with Crippen molar-refractivity contribution in [2.75, 3.05) is 40.9 Å². The number of allylic oxidation sites excluding steroid dienone is 5. The minimum atomic E-state index is -4.69. The fourth-order valence-electron chi connectivity index (χ4n) is 7.98. The van der Waals surface area contributed by atoms with E-state index >= 15 is 0 Å². The van der Waals surface area contributed by atoms with Crippen LogP contribution in [0.3, 0.4) is 0 Å².